The SMILES string of the molecule is Cc1cc(S(=O)(=O)N2CC(C)C(C)C2)ccc1N. The summed E-state index contributed by atoms with van der Waals surface area (Å²) < 4.78 is 26.5. The third-order valence-electron chi connectivity index (χ3n) is 3.83. The second kappa shape index (κ2) is 4.55. The van der Waals surface area contributed by atoms with Gasteiger partial charge < -0.3 is 5.73 Å². The fourth-order valence-corrected chi connectivity index (χ4v) is 3.96. The maximum atomic E-state index is 12.5. The number of nitrogen functional groups attached to an aromatic ring is 1. The lowest BCUT2D eigenvalue weighted by atomic mass is 10.0. The van der Waals surface area contributed by atoms with Crippen molar-refractivity contribution in [2.75, 3.05) is 18.8 Å². The van der Waals surface area contributed by atoms with E-state index in [1.54, 1.807) is 22.5 Å². The van der Waals surface area contributed by atoms with Crippen molar-refractivity contribution in [2.45, 2.75) is 25.7 Å². The predicted octanol–water partition coefficient (Wildman–Crippen LogP) is 1.85. The minimum absolute atomic E-state index is 0.343. The summed E-state index contributed by atoms with van der Waals surface area (Å²) in [6, 6.07) is 4.90. The van der Waals surface area contributed by atoms with Crippen LogP contribution in [0.25, 0.3) is 0 Å². The highest BCUT2D eigenvalue weighted by atomic mass is 32.2. The van der Waals surface area contributed by atoms with Gasteiger partial charge >= 0.3 is 0 Å². The Morgan fingerprint density at radius 2 is 1.78 bits per heavy atom. The maximum Gasteiger partial charge on any atom is 0.243 e. The minimum atomic E-state index is -3.37. The first kappa shape index (κ1) is 13.4. The molecular weight excluding hydrogens is 248 g/mol. The molecule has 0 spiro atoms. The van der Waals surface area contributed by atoms with Crippen LogP contribution in [0.5, 0.6) is 0 Å². The Bertz CT molecular complexity index is 544. The van der Waals surface area contributed by atoms with Crippen LogP contribution >= 0.6 is 0 Å². The molecule has 0 radical (unpaired) electrons. The minimum Gasteiger partial charge on any atom is -0.399 e. The van der Waals surface area contributed by atoms with Gasteiger partial charge in [-0.3, -0.25) is 0 Å². The molecule has 0 amide bonds. The summed E-state index contributed by atoms with van der Waals surface area (Å²) in [7, 11) is -3.37. The number of hydrogen-bond donors (Lipinski definition) is 1. The fraction of sp³-hybridized carbons (Fsp3) is 0.538. The number of aryl methyl sites for hydroxylation is 1. The molecule has 1 aliphatic rings. The molecule has 2 N–H and O–H groups in total. The molecule has 1 heterocycles. The molecule has 2 rings (SSSR count). The molecule has 1 fully saturated rings. The van der Waals surface area contributed by atoms with Gasteiger partial charge in [0.1, 0.15) is 0 Å². The van der Waals surface area contributed by atoms with E-state index in [0.29, 0.717) is 35.5 Å². The van der Waals surface area contributed by atoms with E-state index in [1.165, 1.54) is 0 Å². The van der Waals surface area contributed by atoms with Gasteiger partial charge in [0, 0.05) is 18.8 Å². The topological polar surface area (TPSA) is 63.4 Å². The zero-order valence-electron chi connectivity index (χ0n) is 11.1. The Morgan fingerprint density at radius 3 is 2.28 bits per heavy atom. The Hall–Kier alpha value is -1.07. The van der Waals surface area contributed by atoms with E-state index in [4.69, 9.17) is 5.73 Å². The smallest absolute Gasteiger partial charge is 0.243 e. The van der Waals surface area contributed by atoms with Gasteiger partial charge in [-0.25, -0.2) is 8.42 Å². The van der Waals surface area contributed by atoms with Crippen LogP contribution < -0.4 is 5.73 Å². The molecule has 1 saturated heterocycles. The van der Waals surface area contributed by atoms with Crippen molar-refractivity contribution in [2.24, 2.45) is 11.8 Å². The van der Waals surface area contributed by atoms with Crippen molar-refractivity contribution < 1.29 is 8.42 Å². The molecule has 0 aromatic heterocycles. The van der Waals surface area contributed by atoms with Crippen LogP contribution in [0.4, 0.5) is 5.69 Å². The monoisotopic (exact) mass is 268 g/mol. The van der Waals surface area contributed by atoms with Gasteiger partial charge in [-0.05, 0) is 42.5 Å². The third kappa shape index (κ3) is 2.24. The van der Waals surface area contributed by atoms with E-state index in [9.17, 15) is 8.42 Å². The molecular formula is C13H20N2O2S. The molecule has 18 heavy (non-hydrogen) atoms. The van der Waals surface area contributed by atoms with E-state index in [-0.39, 0.29) is 0 Å². The summed E-state index contributed by atoms with van der Waals surface area (Å²) in [6.07, 6.45) is 0. The molecule has 5 heteroatoms. The number of rotatable bonds is 2. The standard InChI is InChI=1S/C13H20N2O2S/c1-9-6-12(4-5-13(9)14)18(16,17)15-7-10(2)11(3)8-15/h4-6,10-11H,7-8,14H2,1-3H3. The van der Waals surface area contributed by atoms with Crippen LogP contribution in [-0.2, 0) is 10.0 Å². The molecule has 2 unspecified atom stereocenters. The van der Waals surface area contributed by atoms with Crippen molar-refractivity contribution in [3.05, 3.63) is 23.8 Å². The largest absolute Gasteiger partial charge is 0.399 e. The zero-order valence-corrected chi connectivity index (χ0v) is 11.9. The van der Waals surface area contributed by atoms with Crippen LogP contribution in [-0.4, -0.2) is 25.8 Å². The van der Waals surface area contributed by atoms with Crippen LogP contribution in [0.15, 0.2) is 23.1 Å². The number of nitrogens with zero attached hydrogens (tertiary/aromatic N) is 1. The second-order valence-electron chi connectivity index (χ2n) is 5.29. The first-order valence-corrected chi connectivity index (χ1v) is 7.62. The first-order valence-electron chi connectivity index (χ1n) is 6.18. The quantitative estimate of drug-likeness (QED) is 0.833. The lowest BCUT2D eigenvalue weighted by Crippen LogP contribution is -2.29. The van der Waals surface area contributed by atoms with Crippen LogP contribution in [0.2, 0.25) is 0 Å². The van der Waals surface area contributed by atoms with Gasteiger partial charge in [0.25, 0.3) is 0 Å². The molecule has 100 valence electrons. The lowest BCUT2D eigenvalue weighted by molar-refractivity contribution is 0.463. The normalized spacial score (nSPS) is 25.5. The number of hydrogen-bond acceptors (Lipinski definition) is 3. The molecule has 0 bridgehead atoms. The predicted molar refractivity (Wildman–Crippen MR) is 72.7 cm³/mol. The summed E-state index contributed by atoms with van der Waals surface area (Å²) >= 11 is 0. The number of sulfonamides is 1. The summed E-state index contributed by atoms with van der Waals surface area (Å²) in [5.74, 6) is 0.823. The average molecular weight is 268 g/mol. The maximum absolute atomic E-state index is 12.5. The van der Waals surface area contributed by atoms with Gasteiger partial charge in [0.2, 0.25) is 10.0 Å². The Labute approximate surface area is 109 Å². The molecule has 2 atom stereocenters. The van der Waals surface area contributed by atoms with Gasteiger partial charge in [-0.1, -0.05) is 13.8 Å². The van der Waals surface area contributed by atoms with Crippen molar-refractivity contribution in [3.8, 4) is 0 Å². The molecule has 4 nitrogen and oxygen atoms in total. The zero-order chi connectivity index (χ0) is 13.5. The summed E-state index contributed by atoms with van der Waals surface area (Å²) in [5.41, 5.74) is 7.15. The average Bonchev–Trinajstić information content (AvgIpc) is 2.64. The molecule has 1 aromatic rings. The summed E-state index contributed by atoms with van der Waals surface area (Å²) in [6.45, 7) is 7.21. The third-order valence-corrected chi connectivity index (χ3v) is 5.66. The summed E-state index contributed by atoms with van der Waals surface area (Å²) in [4.78, 5) is 0.343. The highest BCUT2D eigenvalue weighted by Crippen LogP contribution is 2.28. The lowest BCUT2D eigenvalue weighted by Gasteiger charge is -2.16. The fourth-order valence-electron chi connectivity index (χ4n) is 2.23. The van der Waals surface area contributed by atoms with Crippen LogP contribution in [0, 0.1) is 18.8 Å². The van der Waals surface area contributed by atoms with Crippen LogP contribution in [0.3, 0.4) is 0 Å². The first-order chi connectivity index (χ1) is 8.32. The molecule has 1 aliphatic heterocycles. The molecule has 0 aliphatic carbocycles. The van der Waals surface area contributed by atoms with Crippen molar-refractivity contribution in [1.82, 2.24) is 4.31 Å². The van der Waals surface area contributed by atoms with Gasteiger partial charge in [-0.15, -0.1) is 0 Å². The van der Waals surface area contributed by atoms with Crippen molar-refractivity contribution >= 4 is 15.7 Å². The van der Waals surface area contributed by atoms with Gasteiger partial charge in [-0.2, -0.15) is 4.31 Å². The number of benzene rings is 1. The Balaban J connectivity index is 2.34. The van der Waals surface area contributed by atoms with E-state index in [1.807, 2.05) is 6.92 Å². The Morgan fingerprint density at radius 1 is 1.22 bits per heavy atom. The van der Waals surface area contributed by atoms with E-state index < -0.39 is 10.0 Å². The Kier molecular flexibility index (Phi) is 3.38. The van der Waals surface area contributed by atoms with Crippen LogP contribution in [0.1, 0.15) is 19.4 Å². The second-order valence-corrected chi connectivity index (χ2v) is 7.23. The highest BCUT2D eigenvalue weighted by molar-refractivity contribution is 7.89. The van der Waals surface area contributed by atoms with E-state index in [0.717, 1.165) is 5.56 Å². The highest BCUT2D eigenvalue weighted by Gasteiger charge is 2.34. The summed E-state index contributed by atoms with van der Waals surface area (Å²) in [5, 5.41) is 0. The van der Waals surface area contributed by atoms with Gasteiger partial charge in [0.05, 0.1) is 4.90 Å². The number of nitrogens with two attached hydrogens (primary N) is 1. The molecule has 1 aromatic carbocycles. The van der Waals surface area contributed by atoms with Crippen molar-refractivity contribution in [1.29, 1.82) is 0 Å². The molecule has 0 saturated carbocycles. The number of anilines is 1. The van der Waals surface area contributed by atoms with E-state index >= 15 is 0 Å². The van der Waals surface area contributed by atoms with Crippen molar-refractivity contribution in [3.63, 3.8) is 0 Å². The van der Waals surface area contributed by atoms with E-state index in [2.05, 4.69) is 13.8 Å². The van der Waals surface area contributed by atoms with Gasteiger partial charge in [0.15, 0.2) is 0 Å².